The van der Waals surface area contributed by atoms with Gasteiger partial charge in [-0.15, -0.1) is 0 Å². The molecule has 3 N–H and O–H groups in total. The first-order valence-electron chi connectivity index (χ1n) is 5.87. The Morgan fingerprint density at radius 1 is 1.43 bits per heavy atom. The van der Waals surface area contributed by atoms with E-state index in [1.165, 1.54) is 6.07 Å². The Hall–Kier alpha value is -1.67. The zero-order chi connectivity index (χ0) is 16.2. The van der Waals surface area contributed by atoms with Crippen molar-refractivity contribution in [2.24, 2.45) is 0 Å². The second kappa shape index (κ2) is 6.86. The van der Waals surface area contributed by atoms with Gasteiger partial charge in [0.05, 0.1) is 17.3 Å². The Balaban J connectivity index is 2.58. The summed E-state index contributed by atoms with van der Waals surface area (Å²) in [5, 5.41) is 13.4. The minimum absolute atomic E-state index is 0.324. The minimum Gasteiger partial charge on any atom is -0.382 e. The molecule has 0 aliphatic carbocycles. The highest BCUT2D eigenvalue weighted by Crippen LogP contribution is 2.27. The lowest BCUT2D eigenvalue weighted by atomic mass is 10.2. The molecule has 0 aromatic heterocycles. The topological polar surface area (TPSA) is 64.6 Å². The first-order chi connectivity index (χ1) is 9.61. The lowest BCUT2D eigenvalue weighted by Crippen LogP contribution is -2.42. The van der Waals surface area contributed by atoms with Crippen molar-refractivity contribution in [1.82, 2.24) is 5.32 Å². The molecular formula is C12H15ClF3N3O2. The molecule has 21 heavy (non-hydrogen) atoms. The van der Waals surface area contributed by atoms with Crippen LogP contribution >= 0.6 is 11.6 Å². The largest absolute Gasteiger partial charge is 0.416 e. The number of aliphatic hydroxyl groups excluding tert-OH is 1. The monoisotopic (exact) mass is 325 g/mol. The fourth-order valence-corrected chi connectivity index (χ4v) is 1.78. The van der Waals surface area contributed by atoms with Crippen molar-refractivity contribution >= 4 is 29.0 Å². The molecule has 118 valence electrons. The summed E-state index contributed by atoms with van der Waals surface area (Å²) >= 11 is 5.99. The smallest absolute Gasteiger partial charge is 0.382 e. The van der Waals surface area contributed by atoms with E-state index >= 15 is 0 Å². The van der Waals surface area contributed by atoms with Crippen LogP contribution in [0.25, 0.3) is 0 Å². The van der Waals surface area contributed by atoms with Gasteiger partial charge in [-0.05, 0) is 18.2 Å². The maximum absolute atomic E-state index is 12.1. The van der Waals surface area contributed by atoms with Crippen LogP contribution in [0.5, 0.6) is 0 Å². The molecule has 1 aromatic rings. The number of rotatable bonds is 4. The summed E-state index contributed by atoms with van der Waals surface area (Å²) in [6.07, 6.45) is -7.38. The molecule has 0 aliphatic rings. The van der Waals surface area contributed by atoms with Gasteiger partial charge in [0, 0.05) is 19.8 Å². The van der Waals surface area contributed by atoms with E-state index in [0.29, 0.717) is 10.7 Å². The summed E-state index contributed by atoms with van der Waals surface area (Å²) in [6.45, 7) is -0.932. The predicted molar refractivity (Wildman–Crippen MR) is 74.9 cm³/mol. The molecule has 1 aromatic carbocycles. The number of nitrogens with one attached hydrogen (secondary N) is 2. The molecule has 1 rings (SSSR count). The van der Waals surface area contributed by atoms with Gasteiger partial charge >= 0.3 is 12.2 Å². The molecule has 0 saturated carbocycles. The van der Waals surface area contributed by atoms with E-state index in [2.05, 4.69) is 5.32 Å². The van der Waals surface area contributed by atoms with Gasteiger partial charge in [0.1, 0.15) is 0 Å². The van der Waals surface area contributed by atoms with Crippen molar-refractivity contribution < 1.29 is 23.1 Å². The number of carbonyl (C=O) groups excluding carboxylic acids is 1. The summed E-state index contributed by atoms with van der Waals surface area (Å²) in [7, 11) is 3.58. The van der Waals surface area contributed by atoms with E-state index in [9.17, 15) is 18.0 Å². The van der Waals surface area contributed by atoms with Gasteiger partial charge in [-0.3, -0.25) is 0 Å². The quantitative estimate of drug-likeness (QED) is 0.796. The molecule has 0 saturated heterocycles. The van der Waals surface area contributed by atoms with Crippen molar-refractivity contribution in [3.63, 3.8) is 0 Å². The third-order valence-electron chi connectivity index (χ3n) is 2.52. The number of benzene rings is 1. The van der Waals surface area contributed by atoms with Crippen LogP contribution in [0.4, 0.5) is 29.3 Å². The fourth-order valence-electron chi connectivity index (χ4n) is 1.43. The Kier molecular flexibility index (Phi) is 5.68. The molecule has 0 heterocycles. The summed E-state index contributed by atoms with van der Waals surface area (Å²) in [4.78, 5) is 13.2. The molecule has 9 heteroatoms. The van der Waals surface area contributed by atoms with Crippen LogP contribution in [0.1, 0.15) is 0 Å². The molecule has 0 spiro atoms. The van der Waals surface area contributed by atoms with E-state index in [1.54, 1.807) is 31.1 Å². The third kappa shape index (κ3) is 5.31. The number of anilines is 2. The summed E-state index contributed by atoms with van der Waals surface area (Å²) < 4.78 is 36.2. The van der Waals surface area contributed by atoms with Crippen LogP contribution in [-0.4, -0.2) is 44.1 Å². The highest BCUT2D eigenvalue weighted by molar-refractivity contribution is 6.33. The van der Waals surface area contributed by atoms with Crippen LogP contribution in [0, 0.1) is 0 Å². The Morgan fingerprint density at radius 2 is 2.05 bits per heavy atom. The van der Waals surface area contributed by atoms with Crippen LogP contribution in [-0.2, 0) is 0 Å². The third-order valence-corrected chi connectivity index (χ3v) is 2.82. The normalized spacial score (nSPS) is 12.7. The Bertz CT molecular complexity index is 509. The zero-order valence-corrected chi connectivity index (χ0v) is 12.1. The average Bonchev–Trinajstić information content (AvgIpc) is 2.34. The molecule has 5 nitrogen and oxygen atoms in total. The van der Waals surface area contributed by atoms with Crippen molar-refractivity contribution in [2.75, 3.05) is 30.9 Å². The standard InChI is InChI=1S/C12H15ClF3N3O2/c1-19(2)9-4-3-7(5-8(9)13)18-11(21)17-6-10(20)12(14,15)16/h3-5,10,20H,6H2,1-2H3,(H2,17,18,21)/t10-/m1/s1. The SMILES string of the molecule is CN(C)c1ccc(NC(=O)NC[C@@H](O)C(F)(F)F)cc1Cl. The van der Waals surface area contributed by atoms with Gasteiger partial charge in [-0.25, -0.2) is 4.79 Å². The number of nitrogens with zero attached hydrogens (tertiary/aromatic N) is 1. The number of urea groups is 1. The molecule has 0 radical (unpaired) electrons. The van der Waals surface area contributed by atoms with Gasteiger partial charge in [-0.2, -0.15) is 13.2 Å². The highest BCUT2D eigenvalue weighted by atomic mass is 35.5. The van der Waals surface area contributed by atoms with Crippen LogP contribution in [0.3, 0.4) is 0 Å². The molecule has 0 bridgehead atoms. The van der Waals surface area contributed by atoms with Crippen molar-refractivity contribution in [3.8, 4) is 0 Å². The first-order valence-corrected chi connectivity index (χ1v) is 6.25. The fraction of sp³-hybridized carbons (Fsp3) is 0.417. The number of alkyl halides is 3. The van der Waals surface area contributed by atoms with Crippen molar-refractivity contribution in [3.05, 3.63) is 23.2 Å². The Morgan fingerprint density at radius 3 is 2.52 bits per heavy atom. The number of amides is 2. The second-order valence-corrected chi connectivity index (χ2v) is 4.86. The van der Waals surface area contributed by atoms with E-state index in [4.69, 9.17) is 16.7 Å². The summed E-state index contributed by atoms with van der Waals surface area (Å²) in [5.74, 6) is 0. The maximum Gasteiger partial charge on any atom is 0.416 e. The predicted octanol–water partition coefficient (Wildman–Crippen LogP) is 2.45. The van der Waals surface area contributed by atoms with Gasteiger partial charge in [-0.1, -0.05) is 11.6 Å². The van der Waals surface area contributed by atoms with Gasteiger partial charge in [0.25, 0.3) is 0 Å². The molecule has 2 amide bonds. The Labute approximate surface area is 124 Å². The molecule has 1 atom stereocenters. The number of hydrogen-bond acceptors (Lipinski definition) is 3. The molecule has 0 fully saturated rings. The van der Waals surface area contributed by atoms with Crippen LogP contribution in [0.2, 0.25) is 5.02 Å². The van der Waals surface area contributed by atoms with Crippen molar-refractivity contribution in [2.45, 2.75) is 12.3 Å². The van der Waals surface area contributed by atoms with Crippen molar-refractivity contribution in [1.29, 1.82) is 0 Å². The van der Waals surface area contributed by atoms with E-state index in [0.717, 1.165) is 5.69 Å². The first kappa shape index (κ1) is 17.4. The van der Waals surface area contributed by atoms with E-state index in [1.807, 2.05) is 5.32 Å². The minimum atomic E-state index is -4.77. The van der Waals surface area contributed by atoms with Gasteiger partial charge < -0.3 is 20.6 Å². The van der Waals surface area contributed by atoms with Crippen LogP contribution < -0.4 is 15.5 Å². The number of halogens is 4. The average molecular weight is 326 g/mol. The van der Waals surface area contributed by atoms with E-state index in [-0.39, 0.29) is 0 Å². The number of aliphatic hydroxyl groups is 1. The van der Waals surface area contributed by atoms with Crippen LogP contribution in [0.15, 0.2) is 18.2 Å². The number of hydrogen-bond donors (Lipinski definition) is 3. The lowest BCUT2D eigenvalue weighted by molar-refractivity contribution is -0.201. The van der Waals surface area contributed by atoms with E-state index < -0.39 is 24.9 Å². The van der Waals surface area contributed by atoms with Gasteiger partial charge in [0.2, 0.25) is 0 Å². The molecule has 0 unspecified atom stereocenters. The number of carbonyl (C=O) groups is 1. The molecule has 0 aliphatic heterocycles. The maximum atomic E-state index is 12.1. The second-order valence-electron chi connectivity index (χ2n) is 4.45. The molecular weight excluding hydrogens is 311 g/mol. The highest BCUT2D eigenvalue weighted by Gasteiger charge is 2.38. The summed E-state index contributed by atoms with van der Waals surface area (Å²) in [6, 6.07) is 3.81. The summed E-state index contributed by atoms with van der Waals surface area (Å²) in [5.41, 5.74) is 1.06. The zero-order valence-electron chi connectivity index (χ0n) is 11.3. The van der Waals surface area contributed by atoms with Gasteiger partial charge in [0.15, 0.2) is 6.10 Å². The lowest BCUT2D eigenvalue weighted by Gasteiger charge is -2.17.